The van der Waals surface area contributed by atoms with Gasteiger partial charge in [-0.25, -0.2) is 0 Å². The van der Waals surface area contributed by atoms with Crippen LogP contribution in [0.25, 0.3) is 0 Å². The first-order chi connectivity index (χ1) is 7.79. The summed E-state index contributed by atoms with van der Waals surface area (Å²) in [4.78, 5) is 0. The fourth-order valence-corrected chi connectivity index (χ4v) is 1.61. The second-order valence-electron chi connectivity index (χ2n) is 3.80. The summed E-state index contributed by atoms with van der Waals surface area (Å²) in [6, 6.07) is 7.67. The van der Waals surface area contributed by atoms with Gasteiger partial charge in [-0.2, -0.15) is 0 Å². The Bertz CT molecular complexity index is 322. The van der Waals surface area contributed by atoms with Crippen molar-refractivity contribution in [3.8, 4) is 5.75 Å². The minimum atomic E-state index is -0.502. The van der Waals surface area contributed by atoms with Gasteiger partial charge < -0.3 is 19.3 Å². The van der Waals surface area contributed by atoms with Gasteiger partial charge in [0.1, 0.15) is 18.0 Å². The van der Waals surface area contributed by atoms with Gasteiger partial charge in [-0.15, -0.1) is 0 Å². The van der Waals surface area contributed by atoms with Crippen molar-refractivity contribution >= 4 is 0 Å². The van der Waals surface area contributed by atoms with Crippen molar-refractivity contribution in [2.45, 2.75) is 18.8 Å². The van der Waals surface area contributed by atoms with Crippen LogP contribution in [0.1, 0.15) is 5.56 Å². The Kier molecular flexibility index (Phi) is 3.77. The number of aliphatic hydroxyl groups excluding tert-OH is 1. The molecule has 0 bridgehead atoms. The summed E-state index contributed by atoms with van der Waals surface area (Å²) in [6.07, 6.45) is -0.708. The minimum Gasteiger partial charge on any atom is -0.497 e. The third-order valence-corrected chi connectivity index (χ3v) is 2.62. The van der Waals surface area contributed by atoms with Gasteiger partial charge in [0.2, 0.25) is 0 Å². The Balaban J connectivity index is 1.84. The summed E-state index contributed by atoms with van der Waals surface area (Å²) in [5.74, 6) is 0.827. The number of aliphatic hydroxyl groups is 1. The zero-order chi connectivity index (χ0) is 11.4. The highest BCUT2D eigenvalue weighted by Gasteiger charge is 2.26. The predicted octanol–water partition coefficient (Wildman–Crippen LogP) is 0.972. The van der Waals surface area contributed by atoms with Crippen LogP contribution in [-0.2, 0) is 16.1 Å². The van der Waals surface area contributed by atoms with E-state index in [2.05, 4.69) is 0 Å². The van der Waals surface area contributed by atoms with Crippen LogP contribution >= 0.6 is 0 Å². The molecule has 1 aromatic carbocycles. The molecular formula is C12H16O4. The lowest BCUT2D eigenvalue weighted by Crippen LogP contribution is -2.26. The maximum atomic E-state index is 9.48. The van der Waals surface area contributed by atoms with Crippen LogP contribution in [-0.4, -0.2) is 37.6 Å². The molecule has 2 unspecified atom stereocenters. The number of methoxy groups -OCH3 is 1. The van der Waals surface area contributed by atoms with Crippen LogP contribution in [0.15, 0.2) is 24.3 Å². The molecule has 4 heteroatoms. The van der Waals surface area contributed by atoms with Crippen molar-refractivity contribution in [2.75, 3.05) is 20.3 Å². The SMILES string of the molecule is COc1ccc(COC2COCC2O)cc1. The maximum Gasteiger partial charge on any atom is 0.118 e. The molecule has 16 heavy (non-hydrogen) atoms. The smallest absolute Gasteiger partial charge is 0.118 e. The Morgan fingerprint density at radius 2 is 2.06 bits per heavy atom. The highest BCUT2D eigenvalue weighted by atomic mass is 16.6. The molecule has 1 fully saturated rings. The third-order valence-electron chi connectivity index (χ3n) is 2.62. The van der Waals surface area contributed by atoms with E-state index in [1.807, 2.05) is 24.3 Å². The van der Waals surface area contributed by atoms with Crippen molar-refractivity contribution in [1.29, 1.82) is 0 Å². The number of hydrogen-bond acceptors (Lipinski definition) is 4. The Labute approximate surface area is 94.8 Å². The molecule has 1 aliphatic rings. The Morgan fingerprint density at radius 3 is 2.62 bits per heavy atom. The molecule has 0 radical (unpaired) electrons. The first-order valence-corrected chi connectivity index (χ1v) is 5.30. The largest absolute Gasteiger partial charge is 0.497 e. The summed E-state index contributed by atoms with van der Waals surface area (Å²) >= 11 is 0. The molecule has 0 spiro atoms. The molecule has 0 aromatic heterocycles. The molecule has 0 saturated carbocycles. The summed E-state index contributed by atoms with van der Waals surface area (Å²) in [7, 11) is 1.64. The maximum absolute atomic E-state index is 9.48. The van der Waals surface area contributed by atoms with E-state index in [4.69, 9.17) is 14.2 Å². The van der Waals surface area contributed by atoms with E-state index in [1.54, 1.807) is 7.11 Å². The average molecular weight is 224 g/mol. The second-order valence-corrected chi connectivity index (χ2v) is 3.80. The molecule has 0 aliphatic carbocycles. The molecule has 2 rings (SSSR count). The topological polar surface area (TPSA) is 47.9 Å². The van der Waals surface area contributed by atoms with Crippen LogP contribution in [0.2, 0.25) is 0 Å². The molecule has 1 aromatic rings. The van der Waals surface area contributed by atoms with E-state index >= 15 is 0 Å². The average Bonchev–Trinajstić information content (AvgIpc) is 2.73. The lowest BCUT2D eigenvalue weighted by Gasteiger charge is -2.13. The van der Waals surface area contributed by atoms with Crippen molar-refractivity contribution in [3.63, 3.8) is 0 Å². The number of rotatable bonds is 4. The molecule has 2 atom stereocenters. The zero-order valence-corrected chi connectivity index (χ0v) is 9.26. The second kappa shape index (κ2) is 5.30. The predicted molar refractivity (Wildman–Crippen MR) is 58.4 cm³/mol. The van der Waals surface area contributed by atoms with E-state index in [1.165, 1.54) is 0 Å². The molecule has 88 valence electrons. The van der Waals surface area contributed by atoms with Gasteiger partial charge in [-0.1, -0.05) is 12.1 Å². The van der Waals surface area contributed by atoms with Crippen molar-refractivity contribution < 1.29 is 19.3 Å². The molecule has 0 amide bonds. The molecule has 1 aliphatic heterocycles. The van der Waals surface area contributed by atoms with Crippen LogP contribution in [0.3, 0.4) is 0 Å². The van der Waals surface area contributed by atoms with E-state index in [0.29, 0.717) is 19.8 Å². The minimum absolute atomic E-state index is 0.206. The van der Waals surface area contributed by atoms with Crippen molar-refractivity contribution in [2.24, 2.45) is 0 Å². The summed E-state index contributed by atoms with van der Waals surface area (Å²) in [6.45, 7) is 1.32. The zero-order valence-electron chi connectivity index (χ0n) is 9.26. The Hall–Kier alpha value is -1.10. The molecule has 1 saturated heterocycles. The van der Waals surface area contributed by atoms with Crippen LogP contribution < -0.4 is 4.74 Å². The van der Waals surface area contributed by atoms with E-state index in [0.717, 1.165) is 11.3 Å². The van der Waals surface area contributed by atoms with E-state index in [9.17, 15) is 5.11 Å². The van der Waals surface area contributed by atoms with Crippen LogP contribution in [0, 0.1) is 0 Å². The molecular weight excluding hydrogens is 208 g/mol. The lowest BCUT2D eigenvalue weighted by atomic mass is 10.2. The van der Waals surface area contributed by atoms with Gasteiger partial charge in [-0.05, 0) is 17.7 Å². The van der Waals surface area contributed by atoms with Gasteiger partial charge in [0.05, 0.1) is 26.9 Å². The van der Waals surface area contributed by atoms with Crippen molar-refractivity contribution in [1.82, 2.24) is 0 Å². The first-order valence-electron chi connectivity index (χ1n) is 5.30. The molecule has 4 nitrogen and oxygen atoms in total. The van der Waals surface area contributed by atoms with Crippen LogP contribution in [0.4, 0.5) is 0 Å². The fraction of sp³-hybridized carbons (Fsp3) is 0.500. The summed E-state index contributed by atoms with van der Waals surface area (Å²) in [5, 5.41) is 9.48. The van der Waals surface area contributed by atoms with E-state index in [-0.39, 0.29) is 6.10 Å². The van der Waals surface area contributed by atoms with E-state index < -0.39 is 6.10 Å². The highest BCUT2D eigenvalue weighted by Crippen LogP contribution is 2.15. The number of hydrogen-bond donors (Lipinski definition) is 1. The Morgan fingerprint density at radius 1 is 1.31 bits per heavy atom. The fourth-order valence-electron chi connectivity index (χ4n) is 1.61. The lowest BCUT2D eigenvalue weighted by molar-refractivity contribution is -0.0188. The normalized spacial score (nSPS) is 24.6. The number of ether oxygens (including phenoxy) is 3. The van der Waals surface area contributed by atoms with Crippen LogP contribution in [0.5, 0.6) is 5.75 Å². The monoisotopic (exact) mass is 224 g/mol. The summed E-state index contributed by atoms with van der Waals surface area (Å²) in [5.41, 5.74) is 1.06. The highest BCUT2D eigenvalue weighted by molar-refractivity contribution is 5.26. The quantitative estimate of drug-likeness (QED) is 0.828. The first kappa shape index (κ1) is 11.4. The van der Waals surface area contributed by atoms with Gasteiger partial charge >= 0.3 is 0 Å². The van der Waals surface area contributed by atoms with Gasteiger partial charge in [-0.3, -0.25) is 0 Å². The number of benzene rings is 1. The standard InChI is InChI=1S/C12H16O4/c1-14-10-4-2-9(3-5-10)6-16-12-8-15-7-11(12)13/h2-5,11-13H,6-8H2,1H3. The third kappa shape index (κ3) is 2.72. The molecule has 1 N–H and O–H groups in total. The molecule has 1 heterocycles. The van der Waals surface area contributed by atoms with Gasteiger partial charge in [0.15, 0.2) is 0 Å². The van der Waals surface area contributed by atoms with Crippen molar-refractivity contribution in [3.05, 3.63) is 29.8 Å². The van der Waals surface area contributed by atoms with Gasteiger partial charge in [0, 0.05) is 0 Å². The van der Waals surface area contributed by atoms with Gasteiger partial charge in [0.25, 0.3) is 0 Å². The summed E-state index contributed by atoms with van der Waals surface area (Å²) < 4.78 is 15.7.